The molecule has 128 valence electrons. The number of benzene rings is 1. The summed E-state index contributed by atoms with van der Waals surface area (Å²) in [6.07, 6.45) is 3.02. The highest BCUT2D eigenvalue weighted by molar-refractivity contribution is 5.22. The molecule has 7 nitrogen and oxygen atoms in total. The predicted octanol–water partition coefficient (Wildman–Crippen LogP) is 2.03. The first kappa shape index (κ1) is 16.6. The zero-order valence-electron chi connectivity index (χ0n) is 13.7. The van der Waals surface area contributed by atoms with Crippen LogP contribution in [0.5, 0.6) is 0 Å². The van der Waals surface area contributed by atoms with Crippen LogP contribution < -0.4 is 0 Å². The van der Waals surface area contributed by atoms with Gasteiger partial charge >= 0.3 is 5.69 Å². The van der Waals surface area contributed by atoms with Crippen LogP contribution in [0.3, 0.4) is 0 Å². The molecule has 1 aromatic heterocycles. The number of aliphatic hydroxyl groups excluding tert-OH is 1. The lowest BCUT2D eigenvalue weighted by atomic mass is 9.97. The van der Waals surface area contributed by atoms with Crippen molar-refractivity contribution < 1.29 is 10.0 Å². The number of β-amino-alcohol motifs (C(OH)–C–C–N with tert-alkyl or cyclic N) is 1. The summed E-state index contributed by atoms with van der Waals surface area (Å²) >= 11 is 0. The summed E-state index contributed by atoms with van der Waals surface area (Å²) in [4.78, 5) is 12.5. The van der Waals surface area contributed by atoms with Crippen LogP contribution in [0.15, 0.2) is 42.7 Å². The van der Waals surface area contributed by atoms with Crippen LogP contribution in [0.2, 0.25) is 0 Å². The van der Waals surface area contributed by atoms with E-state index >= 15 is 0 Å². The van der Waals surface area contributed by atoms with Gasteiger partial charge < -0.3 is 5.11 Å². The normalized spacial score (nSPS) is 22.6. The fourth-order valence-electron chi connectivity index (χ4n) is 3.41. The van der Waals surface area contributed by atoms with E-state index in [4.69, 9.17) is 0 Å². The number of hydrogen-bond acceptors (Lipinski definition) is 5. The predicted molar refractivity (Wildman–Crippen MR) is 89.7 cm³/mol. The van der Waals surface area contributed by atoms with Gasteiger partial charge in [0.1, 0.15) is 12.4 Å². The van der Waals surface area contributed by atoms with E-state index in [9.17, 15) is 15.2 Å². The summed E-state index contributed by atoms with van der Waals surface area (Å²) in [6, 6.07) is 10.8. The topological polar surface area (TPSA) is 84.4 Å². The van der Waals surface area contributed by atoms with E-state index in [0.29, 0.717) is 18.5 Å². The Labute approximate surface area is 140 Å². The molecule has 1 N–H and O–H groups in total. The fourth-order valence-corrected chi connectivity index (χ4v) is 3.41. The molecule has 0 spiro atoms. The Morgan fingerprint density at radius 1 is 1.38 bits per heavy atom. The lowest BCUT2D eigenvalue weighted by molar-refractivity contribution is -0.385. The number of nitrogens with zero attached hydrogens (tertiary/aromatic N) is 4. The molecule has 0 saturated carbocycles. The molecule has 0 radical (unpaired) electrons. The molecular formula is C17H22N4O3. The van der Waals surface area contributed by atoms with Gasteiger partial charge in [-0.2, -0.15) is 5.10 Å². The van der Waals surface area contributed by atoms with Crippen molar-refractivity contribution in [1.82, 2.24) is 14.7 Å². The van der Waals surface area contributed by atoms with Gasteiger partial charge in [-0.15, -0.1) is 0 Å². The van der Waals surface area contributed by atoms with Crippen LogP contribution in [0, 0.1) is 10.1 Å². The fraction of sp³-hybridized carbons (Fsp3) is 0.471. The van der Waals surface area contributed by atoms with Crippen molar-refractivity contribution in [3.63, 3.8) is 0 Å². The van der Waals surface area contributed by atoms with E-state index < -0.39 is 11.0 Å². The highest BCUT2D eigenvalue weighted by atomic mass is 16.6. The summed E-state index contributed by atoms with van der Waals surface area (Å²) in [6.45, 7) is 3.89. The average Bonchev–Trinajstić information content (AvgIpc) is 3.16. The van der Waals surface area contributed by atoms with Crippen LogP contribution in [-0.4, -0.2) is 49.9 Å². The lowest BCUT2D eigenvalue weighted by Crippen LogP contribution is -2.37. The smallest absolute Gasteiger partial charge is 0.306 e. The largest absolute Gasteiger partial charge is 0.390 e. The second kappa shape index (κ2) is 7.11. The van der Waals surface area contributed by atoms with Crippen molar-refractivity contribution in [2.75, 3.05) is 13.1 Å². The first-order valence-electron chi connectivity index (χ1n) is 8.17. The molecule has 1 aliphatic heterocycles. The number of rotatable bonds is 6. The summed E-state index contributed by atoms with van der Waals surface area (Å²) < 4.78 is 1.43. The SMILES string of the molecule is C[C@@H]1C[C@@H](c2ccccc2)CN1C[C@@H](O)Cn1cc([N+](=O)[O-])cn1. The molecule has 0 amide bonds. The molecule has 0 bridgehead atoms. The maximum Gasteiger partial charge on any atom is 0.306 e. The van der Waals surface area contributed by atoms with Gasteiger partial charge in [-0.3, -0.25) is 19.7 Å². The zero-order valence-corrected chi connectivity index (χ0v) is 13.7. The first-order chi connectivity index (χ1) is 11.5. The van der Waals surface area contributed by atoms with Crippen molar-refractivity contribution in [1.29, 1.82) is 0 Å². The van der Waals surface area contributed by atoms with Gasteiger partial charge in [0.05, 0.1) is 17.6 Å². The quantitative estimate of drug-likeness (QED) is 0.647. The standard InChI is InChI=1S/C17H22N4O3/c1-13-7-15(14-5-3-2-4-6-14)9-19(13)11-17(22)12-20-10-16(8-18-20)21(23)24/h2-6,8,10,13,15,17,22H,7,9,11-12H2,1H3/t13-,15-,17-/m1/s1. The van der Waals surface area contributed by atoms with Gasteiger partial charge in [0.15, 0.2) is 0 Å². The van der Waals surface area contributed by atoms with Crippen molar-refractivity contribution in [2.24, 2.45) is 0 Å². The maximum atomic E-state index is 10.7. The van der Waals surface area contributed by atoms with E-state index in [1.54, 1.807) is 0 Å². The molecule has 0 unspecified atom stereocenters. The van der Waals surface area contributed by atoms with E-state index in [2.05, 4.69) is 41.2 Å². The maximum absolute atomic E-state index is 10.7. The Morgan fingerprint density at radius 2 is 2.12 bits per heavy atom. The van der Waals surface area contributed by atoms with Gasteiger partial charge in [0.25, 0.3) is 0 Å². The average molecular weight is 330 g/mol. The number of likely N-dealkylation sites (tertiary alicyclic amines) is 1. The van der Waals surface area contributed by atoms with Gasteiger partial charge in [0.2, 0.25) is 0 Å². The summed E-state index contributed by atoms with van der Waals surface area (Å²) in [5, 5.41) is 24.9. The summed E-state index contributed by atoms with van der Waals surface area (Å²) in [7, 11) is 0. The van der Waals surface area contributed by atoms with Gasteiger partial charge in [-0.25, -0.2) is 0 Å². The van der Waals surface area contributed by atoms with Crippen LogP contribution in [0.4, 0.5) is 5.69 Å². The molecule has 0 aliphatic carbocycles. The number of aromatic nitrogens is 2. The molecule has 1 saturated heterocycles. The second-order valence-electron chi connectivity index (χ2n) is 6.48. The van der Waals surface area contributed by atoms with Crippen LogP contribution in [0.25, 0.3) is 0 Å². The number of aliphatic hydroxyl groups is 1. The molecule has 3 rings (SSSR count). The van der Waals surface area contributed by atoms with E-state index in [0.717, 1.165) is 13.0 Å². The number of hydrogen-bond donors (Lipinski definition) is 1. The Hall–Kier alpha value is -2.25. The third kappa shape index (κ3) is 3.80. The molecule has 3 atom stereocenters. The lowest BCUT2D eigenvalue weighted by Gasteiger charge is -2.24. The molecule has 1 fully saturated rings. The molecule has 1 aromatic carbocycles. The summed E-state index contributed by atoms with van der Waals surface area (Å²) in [5.41, 5.74) is 1.28. The minimum atomic E-state index is -0.610. The Morgan fingerprint density at radius 3 is 2.79 bits per heavy atom. The molecule has 24 heavy (non-hydrogen) atoms. The molecular weight excluding hydrogens is 308 g/mol. The van der Waals surface area contributed by atoms with Gasteiger partial charge in [-0.1, -0.05) is 30.3 Å². The van der Waals surface area contributed by atoms with Gasteiger partial charge in [-0.05, 0) is 24.8 Å². The Kier molecular flexibility index (Phi) is 4.92. The Bertz CT molecular complexity index is 688. The third-order valence-corrected chi connectivity index (χ3v) is 4.65. The molecule has 1 aliphatic rings. The van der Waals surface area contributed by atoms with Gasteiger partial charge in [0, 0.05) is 19.1 Å². The zero-order chi connectivity index (χ0) is 17.1. The minimum absolute atomic E-state index is 0.0547. The van der Waals surface area contributed by atoms with Crippen molar-refractivity contribution in [3.8, 4) is 0 Å². The van der Waals surface area contributed by atoms with E-state index in [1.165, 1.54) is 22.6 Å². The monoisotopic (exact) mass is 330 g/mol. The van der Waals surface area contributed by atoms with Crippen molar-refractivity contribution in [2.45, 2.75) is 38.0 Å². The van der Waals surface area contributed by atoms with E-state index in [1.807, 2.05) is 6.07 Å². The van der Waals surface area contributed by atoms with Crippen LogP contribution in [0.1, 0.15) is 24.8 Å². The summed E-state index contributed by atoms with van der Waals surface area (Å²) in [5.74, 6) is 0.485. The first-order valence-corrected chi connectivity index (χ1v) is 8.17. The van der Waals surface area contributed by atoms with E-state index in [-0.39, 0.29) is 12.2 Å². The highest BCUT2D eigenvalue weighted by Crippen LogP contribution is 2.31. The highest BCUT2D eigenvalue weighted by Gasteiger charge is 2.31. The van der Waals surface area contributed by atoms with Crippen LogP contribution >= 0.6 is 0 Å². The Balaban J connectivity index is 1.56. The second-order valence-corrected chi connectivity index (χ2v) is 6.48. The molecule has 2 heterocycles. The van der Waals surface area contributed by atoms with Crippen LogP contribution in [-0.2, 0) is 6.54 Å². The molecule has 7 heteroatoms. The third-order valence-electron chi connectivity index (χ3n) is 4.65. The molecule has 2 aromatic rings. The van der Waals surface area contributed by atoms with Crippen molar-refractivity contribution in [3.05, 3.63) is 58.4 Å². The number of nitro groups is 1. The minimum Gasteiger partial charge on any atom is -0.390 e. The van der Waals surface area contributed by atoms with Crippen molar-refractivity contribution >= 4 is 5.69 Å².